The molecule has 7 heteroatoms. The van der Waals surface area contributed by atoms with Crippen LogP contribution in [0, 0.1) is 0 Å². The Kier molecular flexibility index (Phi) is 4.24. The minimum atomic E-state index is 0.425. The standard InChI is InChI=1S/C22H24ClN5O/c23-16-8-9-18-15(10-16)11-24-12-20-25-26-22(28(18)20)14-6-4-13(5-7-14)21-17-2-1-3-19(17)29-27-21/h8-10,13-14,24H,1-7,11-12H2. The van der Waals surface area contributed by atoms with Crippen LogP contribution in [0.1, 0.15) is 78.2 Å². The molecule has 0 saturated heterocycles. The van der Waals surface area contributed by atoms with Crippen molar-refractivity contribution >= 4 is 11.6 Å². The molecular weight excluding hydrogens is 386 g/mol. The van der Waals surface area contributed by atoms with Gasteiger partial charge in [0.05, 0.1) is 17.9 Å². The number of rotatable bonds is 2. The number of hydrogen-bond donors (Lipinski definition) is 1. The normalized spacial score (nSPS) is 23.3. The van der Waals surface area contributed by atoms with Crippen LogP contribution < -0.4 is 5.32 Å². The summed E-state index contributed by atoms with van der Waals surface area (Å²) in [5.74, 6) is 4.16. The molecule has 1 saturated carbocycles. The topological polar surface area (TPSA) is 68.8 Å². The number of aryl methyl sites for hydroxylation is 1. The third kappa shape index (κ3) is 2.92. The molecule has 1 N–H and O–H groups in total. The summed E-state index contributed by atoms with van der Waals surface area (Å²) in [7, 11) is 0. The maximum atomic E-state index is 6.24. The molecule has 1 aromatic carbocycles. The highest BCUT2D eigenvalue weighted by Gasteiger charge is 2.33. The molecule has 2 aromatic heterocycles. The van der Waals surface area contributed by atoms with Crippen LogP contribution in [0.4, 0.5) is 0 Å². The zero-order valence-electron chi connectivity index (χ0n) is 16.3. The van der Waals surface area contributed by atoms with Crippen LogP contribution in [0.15, 0.2) is 22.7 Å². The van der Waals surface area contributed by atoms with Gasteiger partial charge >= 0.3 is 0 Å². The molecular formula is C22H24ClN5O. The third-order valence-electron chi connectivity index (χ3n) is 6.85. The lowest BCUT2D eigenvalue weighted by atomic mass is 9.79. The van der Waals surface area contributed by atoms with Gasteiger partial charge in [0.15, 0.2) is 5.82 Å². The van der Waals surface area contributed by atoms with Crippen molar-refractivity contribution < 1.29 is 4.52 Å². The Bertz CT molecular complexity index is 1060. The lowest BCUT2D eigenvalue weighted by Crippen LogP contribution is -2.17. The molecule has 29 heavy (non-hydrogen) atoms. The van der Waals surface area contributed by atoms with Gasteiger partial charge in [-0.3, -0.25) is 4.57 Å². The van der Waals surface area contributed by atoms with Crippen molar-refractivity contribution in [3.63, 3.8) is 0 Å². The van der Waals surface area contributed by atoms with Crippen molar-refractivity contribution in [2.24, 2.45) is 0 Å². The van der Waals surface area contributed by atoms with Crippen molar-refractivity contribution in [3.8, 4) is 5.69 Å². The summed E-state index contributed by atoms with van der Waals surface area (Å²) in [4.78, 5) is 0. The van der Waals surface area contributed by atoms with Crippen LogP contribution in [0.2, 0.25) is 5.02 Å². The fourth-order valence-electron chi connectivity index (χ4n) is 5.39. The predicted molar refractivity (Wildman–Crippen MR) is 109 cm³/mol. The van der Waals surface area contributed by atoms with Gasteiger partial charge in [-0.1, -0.05) is 16.8 Å². The summed E-state index contributed by atoms with van der Waals surface area (Å²) in [6.45, 7) is 1.52. The van der Waals surface area contributed by atoms with Gasteiger partial charge in [0.25, 0.3) is 0 Å². The van der Waals surface area contributed by atoms with E-state index in [0.29, 0.717) is 11.8 Å². The van der Waals surface area contributed by atoms with Crippen LogP contribution in [0.3, 0.4) is 0 Å². The molecule has 6 rings (SSSR count). The first-order valence-corrected chi connectivity index (χ1v) is 11.1. The first-order chi connectivity index (χ1) is 14.3. The molecule has 6 nitrogen and oxygen atoms in total. The van der Waals surface area contributed by atoms with E-state index in [2.05, 4.69) is 31.3 Å². The van der Waals surface area contributed by atoms with E-state index in [1.54, 1.807) is 0 Å². The highest BCUT2D eigenvalue weighted by molar-refractivity contribution is 6.30. The minimum Gasteiger partial charge on any atom is -0.361 e. The van der Waals surface area contributed by atoms with Gasteiger partial charge in [0.2, 0.25) is 0 Å². The highest BCUT2D eigenvalue weighted by atomic mass is 35.5. The Morgan fingerprint density at radius 2 is 1.90 bits per heavy atom. The molecule has 0 amide bonds. The van der Waals surface area contributed by atoms with Gasteiger partial charge in [0, 0.05) is 35.4 Å². The number of nitrogens with one attached hydrogen (secondary N) is 1. The van der Waals surface area contributed by atoms with Gasteiger partial charge in [-0.05, 0) is 62.3 Å². The molecule has 2 aliphatic carbocycles. The zero-order chi connectivity index (χ0) is 19.4. The summed E-state index contributed by atoms with van der Waals surface area (Å²) in [5.41, 5.74) is 5.00. The second-order valence-electron chi connectivity index (χ2n) is 8.56. The lowest BCUT2D eigenvalue weighted by Gasteiger charge is -2.27. The van der Waals surface area contributed by atoms with Crippen molar-refractivity contribution in [1.82, 2.24) is 25.2 Å². The van der Waals surface area contributed by atoms with E-state index in [1.807, 2.05) is 12.1 Å². The van der Waals surface area contributed by atoms with Crippen LogP contribution in [-0.4, -0.2) is 19.9 Å². The number of benzene rings is 1. The van der Waals surface area contributed by atoms with Gasteiger partial charge in [-0.2, -0.15) is 0 Å². The third-order valence-corrected chi connectivity index (χ3v) is 7.08. The number of aromatic nitrogens is 4. The number of hydrogen-bond acceptors (Lipinski definition) is 5. The molecule has 0 atom stereocenters. The fourth-order valence-corrected chi connectivity index (χ4v) is 5.58. The van der Waals surface area contributed by atoms with E-state index >= 15 is 0 Å². The fraction of sp³-hybridized carbons (Fsp3) is 0.500. The molecule has 1 aliphatic heterocycles. The monoisotopic (exact) mass is 409 g/mol. The molecule has 3 aliphatic rings. The predicted octanol–water partition coefficient (Wildman–Crippen LogP) is 4.44. The molecule has 0 radical (unpaired) electrons. The van der Waals surface area contributed by atoms with Crippen LogP contribution in [0.25, 0.3) is 5.69 Å². The van der Waals surface area contributed by atoms with E-state index in [9.17, 15) is 0 Å². The van der Waals surface area contributed by atoms with E-state index in [4.69, 9.17) is 16.1 Å². The van der Waals surface area contributed by atoms with Crippen molar-refractivity contribution in [3.05, 3.63) is 57.5 Å². The Morgan fingerprint density at radius 1 is 1.03 bits per heavy atom. The number of fused-ring (bicyclic) bond motifs is 4. The quantitative estimate of drug-likeness (QED) is 0.677. The van der Waals surface area contributed by atoms with Gasteiger partial charge in [0.1, 0.15) is 11.6 Å². The van der Waals surface area contributed by atoms with E-state index in [0.717, 1.165) is 79.7 Å². The molecule has 3 aromatic rings. The van der Waals surface area contributed by atoms with Crippen LogP contribution in [-0.2, 0) is 25.9 Å². The van der Waals surface area contributed by atoms with Crippen LogP contribution >= 0.6 is 11.6 Å². The largest absolute Gasteiger partial charge is 0.361 e. The van der Waals surface area contributed by atoms with E-state index < -0.39 is 0 Å². The summed E-state index contributed by atoms with van der Waals surface area (Å²) >= 11 is 6.24. The van der Waals surface area contributed by atoms with Gasteiger partial charge in [-0.25, -0.2) is 0 Å². The Morgan fingerprint density at radius 3 is 2.79 bits per heavy atom. The van der Waals surface area contributed by atoms with Crippen molar-refractivity contribution in [2.75, 3.05) is 0 Å². The minimum absolute atomic E-state index is 0.425. The molecule has 0 bridgehead atoms. The van der Waals surface area contributed by atoms with Gasteiger partial charge in [-0.15, -0.1) is 10.2 Å². The molecule has 3 heterocycles. The lowest BCUT2D eigenvalue weighted by molar-refractivity contribution is 0.342. The Hall–Kier alpha value is -2.18. The average molecular weight is 410 g/mol. The smallest absolute Gasteiger partial charge is 0.151 e. The van der Waals surface area contributed by atoms with E-state index in [1.165, 1.54) is 23.2 Å². The van der Waals surface area contributed by atoms with Crippen molar-refractivity contribution in [2.45, 2.75) is 69.9 Å². The average Bonchev–Trinajstić information content (AvgIpc) is 3.42. The summed E-state index contributed by atoms with van der Waals surface area (Å²) in [5, 5.41) is 17.8. The molecule has 0 unspecified atom stereocenters. The second kappa shape index (κ2) is 6.96. The molecule has 0 spiro atoms. The molecule has 150 valence electrons. The number of nitrogens with zero attached hydrogens (tertiary/aromatic N) is 4. The maximum absolute atomic E-state index is 6.24. The Balaban J connectivity index is 1.28. The maximum Gasteiger partial charge on any atom is 0.151 e. The summed E-state index contributed by atoms with van der Waals surface area (Å²) in [6, 6.07) is 6.11. The SMILES string of the molecule is Clc1ccc2c(c1)CNCc1nnc(C3CCC(c4noc5c4CCC5)CC3)n1-2. The highest BCUT2D eigenvalue weighted by Crippen LogP contribution is 2.43. The van der Waals surface area contributed by atoms with Gasteiger partial charge < -0.3 is 9.84 Å². The second-order valence-corrected chi connectivity index (χ2v) is 8.99. The van der Waals surface area contributed by atoms with Crippen molar-refractivity contribution in [1.29, 1.82) is 0 Å². The summed E-state index contributed by atoms with van der Waals surface area (Å²) in [6.07, 6.45) is 7.90. The molecule has 1 fully saturated rings. The number of halogens is 1. The first-order valence-electron chi connectivity index (χ1n) is 10.7. The van der Waals surface area contributed by atoms with Crippen LogP contribution in [0.5, 0.6) is 0 Å². The zero-order valence-corrected chi connectivity index (χ0v) is 17.1. The van der Waals surface area contributed by atoms with E-state index in [-0.39, 0.29) is 0 Å². The Labute approximate surface area is 174 Å². The summed E-state index contributed by atoms with van der Waals surface area (Å²) < 4.78 is 7.87. The first kappa shape index (κ1) is 17.7.